The van der Waals surface area contributed by atoms with E-state index >= 15 is 0 Å². The molecule has 2 amide bonds. The summed E-state index contributed by atoms with van der Waals surface area (Å²) >= 11 is 0. The minimum absolute atomic E-state index is 0. The molecule has 1 N–H and O–H groups in total. The summed E-state index contributed by atoms with van der Waals surface area (Å²) in [4.78, 5) is 33.6. The van der Waals surface area contributed by atoms with Gasteiger partial charge in [-0.3, -0.25) is 14.5 Å². The molecule has 9 heteroatoms. The van der Waals surface area contributed by atoms with Crippen LogP contribution in [0.4, 0.5) is 5.69 Å². The van der Waals surface area contributed by atoms with Crippen LogP contribution < -0.4 is 15.0 Å². The van der Waals surface area contributed by atoms with Crippen LogP contribution in [0, 0.1) is 0 Å². The van der Waals surface area contributed by atoms with Crippen LogP contribution in [0.15, 0.2) is 36.7 Å². The number of aryl methyl sites for hydroxylation is 1. The van der Waals surface area contributed by atoms with Gasteiger partial charge in [-0.2, -0.15) is 0 Å². The summed E-state index contributed by atoms with van der Waals surface area (Å²) in [6.45, 7) is 3.63. The smallest absolute Gasteiger partial charge is 0.268 e. The van der Waals surface area contributed by atoms with Crippen molar-refractivity contribution in [3.05, 3.63) is 42.5 Å². The van der Waals surface area contributed by atoms with Crippen LogP contribution in [-0.4, -0.2) is 58.5 Å². The molecule has 2 atom stereocenters. The van der Waals surface area contributed by atoms with Crippen molar-refractivity contribution >= 4 is 29.9 Å². The maximum absolute atomic E-state index is 13.2. The monoisotopic (exact) mass is 405 g/mol. The van der Waals surface area contributed by atoms with Gasteiger partial charge in [-0.1, -0.05) is 12.1 Å². The maximum Gasteiger partial charge on any atom is 0.268 e. The van der Waals surface area contributed by atoms with Crippen molar-refractivity contribution in [1.82, 2.24) is 19.8 Å². The number of amides is 2. The first-order chi connectivity index (χ1) is 13.1. The molecule has 2 aliphatic heterocycles. The molecule has 1 saturated heterocycles. The maximum atomic E-state index is 13.2. The fraction of sp³-hybridized carbons (Fsp3) is 0.421. The van der Waals surface area contributed by atoms with Crippen LogP contribution >= 0.6 is 12.4 Å². The molecule has 150 valence electrons. The molecule has 0 radical (unpaired) electrons. The molecule has 1 aromatic heterocycles. The Bertz CT molecular complexity index is 871. The van der Waals surface area contributed by atoms with E-state index in [0.29, 0.717) is 24.5 Å². The Morgan fingerprint density at radius 2 is 2.14 bits per heavy atom. The van der Waals surface area contributed by atoms with E-state index in [1.807, 2.05) is 40.9 Å². The average molecular weight is 406 g/mol. The van der Waals surface area contributed by atoms with Crippen molar-refractivity contribution < 1.29 is 14.3 Å². The van der Waals surface area contributed by atoms with Gasteiger partial charge in [-0.05, 0) is 19.1 Å². The lowest BCUT2D eigenvalue weighted by atomic mass is 10.1. The third-order valence-electron chi connectivity index (χ3n) is 5.09. The number of anilines is 1. The molecular formula is C19H24ClN5O3. The second kappa shape index (κ2) is 8.20. The second-order valence-electron chi connectivity index (χ2n) is 6.86. The number of halogens is 1. The van der Waals surface area contributed by atoms with Crippen molar-refractivity contribution in [2.24, 2.45) is 7.05 Å². The Kier molecular flexibility index (Phi) is 5.90. The molecule has 4 rings (SSSR count). The molecule has 2 aromatic rings. The molecule has 2 aliphatic rings. The highest BCUT2D eigenvalue weighted by Crippen LogP contribution is 2.34. The van der Waals surface area contributed by atoms with E-state index in [2.05, 4.69) is 10.3 Å². The SMILES string of the molecule is CC1Oc2ccccc2N(CC(=O)N2CCNCC2c2nccn2C)C1=O.Cl. The molecule has 1 fully saturated rings. The van der Waals surface area contributed by atoms with Crippen LogP contribution in [0.3, 0.4) is 0 Å². The third-order valence-corrected chi connectivity index (χ3v) is 5.09. The Labute approximate surface area is 169 Å². The normalized spacial score (nSPS) is 21.6. The van der Waals surface area contributed by atoms with Crippen molar-refractivity contribution in [3.63, 3.8) is 0 Å². The van der Waals surface area contributed by atoms with E-state index in [1.54, 1.807) is 19.2 Å². The molecule has 0 aliphatic carbocycles. The number of hydrogen-bond acceptors (Lipinski definition) is 5. The topological polar surface area (TPSA) is 79.7 Å². The highest BCUT2D eigenvalue weighted by Gasteiger charge is 2.36. The first-order valence-electron chi connectivity index (χ1n) is 9.10. The van der Waals surface area contributed by atoms with E-state index in [9.17, 15) is 9.59 Å². The molecule has 1 aromatic carbocycles. The number of nitrogens with one attached hydrogen (secondary N) is 1. The second-order valence-corrected chi connectivity index (χ2v) is 6.86. The van der Waals surface area contributed by atoms with Crippen molar-refractivity contribution in [1.29, 1.82) is 0 Å². The molecule has 2 unspecified atom stereocenters. The number of ether oxygens (including phenoxy) is 1. The van der Waals surface area contributed by atoms with Crippen LogP contribution in [-0.2, 0) is 16.6 Å². The zero-order valence-corrected chi connectivity index (χ0v) is 16.7. The van der Waals surface area contributed by atoms with Crippen molar-refractivity contribution in [2.75, 3.05) is 31.1 Å². The fourth-order valence-corrected chi connectivity index (χ4v) is 3.68. The van der Waals surface area contributed by atoms with E-state index in [1.165, 1.54) is 4.90 Å². The van der Waals surface area contributed by atoms with Gasteiger partial charge in [-0.25, -0.2) is 4.98 Å². The molecule has 28 heavy (non-hydrogen) atoms. The number of nitrogens with zero attached hydrogens (tertiary/aromatic N) is 4. The standard InChI is InChI=1S/C19H23N5O3.ClH/c1-13-19(26)24(14-5-3-4-6-16(14)27-13)12-17(25)23-10-7-20-11-15(23)18-21-8-9-22(18)2;/h3-6,8-9,13,15,20H,7,10-12H2,1-2H3;1H. The lowest BCUT2D eigenvalue weighted by molar-refractivity contribution is -0.135. The number of hydrogen-bond donors (Lipinski definition) is 1. The predicted octanol–water partition coefficient (Wildman–Crippen LogP) is 1.13. The molecular weight excluding hydrogens is 382 g/mol. The summed E-state index contributed by atoms with van der Waals surface area (Å²) in [6.07, 6.45) is 2.99. The summed E-state index contributed by atoms with van der Waals surface area (Å²) in [6, 6.07) is 7.16. The molecule has 0 spiro atoms. The largest absolute Gasteiger partial charge is 0.479 e. The van der Waals surface area contributed by atoms with Gasteiger partial charge in [0.05, 0.1) is 5.69 Å². The molecule has 0 bridgehead atoms. The van der Waals surface area contributed by atoms with Gasteiger partial charge in [0.25, 0.3) is 5.91 Å². The van der Waals surface area contributed by atoms with Gasteiger partial charge in [0.15, 0.2) is 6.10 Å². The van der Waals surface area contributed by atoms with Crippen LogP contribution in [0.1, 0.15) is 18.8 Å². The summed E-state index contributed by atoms with van der Waals surface area (Å²) in [5.41, 5.74) is 0.637. The van der Waals surface area contributed by atoms with Gasteiger partial charge >= 0.3 is 0 Å². The Morgan fingerprint density at radius 1 is 1.36 bits per heavy atom. The highest BCUT2D eigenvalue weighted by molar-refractivity contribution is 6.03. The number of fused-ring (bicyclic) bond motifs is 1. The minimum atomic E-state index is -0.610. The van der Waals surface area contributed by atoms with Gasteiger partial charge in [-0.15, -0.1) is 12.4 Å². The average Bonchev–Trinajstić information content (AvgIpc) is 3.11. The van der Waals surface area contributed by atoms with Crippen molar-refractivity contribution in [2.45, 2.75) is 19.1 Å². The zero-order valence-electron chi connectivity index (χ0n) is 15.9. The van der Waals surface area contributed by atoms with Crippen LogP contribution in [0.2, 0.25) is 0 Å². The van der Waals surface area contributed by atoms with Gasteiger partial charge in [0.2, 0.25) is 5.91 Å². The van der Waals surface area contributed by atoms with Gasteiger partial charge in [0.1, 0.15) is 24.2 Å². The van der Waals surface area contributed by atoms with E-state index in [4.69, 9.17) is 4.74 Å². The molecule has 8 nitrogen and oxygen atoms in total. The quantitative estimate of drug-likeness (QED) is 0.828. The first kappa shape index (κ1) is 20.2. The summed E-state index contributed by atoms with van der Waals surface area (Å²) in [5, 5.41) is 3.32. The van der Waals surface area contributed by atoms with E-state index in [-0.39, 0.29) is 36.8 Å². The van der Waals surface area contributed by atoms with Gasteiger partial charge < -0.3 is 19.5 Å². The van der Waals surface area contributed by atoms with E-state index in [0.717, 1.165) is 12.4 Å². The minimum Gasteiger partial charge on any atom is -0.479 e. The lowest BCUT2D eigenvalue weighted by Crippen LogP contribution is -2.54. The number of aromatic nitrogens is 2. The number of imidazole rings is 1. The number of piperazine rings is 1. The lowest BCUT2D eigenvalue weighted by Gasteiger charge is -2.38. The zero-order chi connectivity index (χ0) is 19.0. The number of benzene rings is 1. The van der Waals surface area contributed by atoms with Crippen LogP contribution in [0.5, 0.6) is 5.75 Å². The molecule has 0 saturated carbocycles. The Balaban J connectivity index is 0.00000225. The molecule has 3 heterocycles. The first-order valence-corrected chi connectivity index (χ1v) is 9.10. The number of carbonyl (C=O) groups excluding carboxylic acids is 2. The Hall–Kier alpha value is -2.58. The third kappa shape index (κ3) is 3.57. The van der Waals surface area contributed by atoms with Crippen LogP contribution in [0.25, 0.3) is 0 Å². The summed E-state index contributed by atoms with van der Waals surface area (Å²) in [5.74, 6) is 1.16. The predicted molar refractivity (Wildman–Crippen MR) is 107 cm³/mol. The highest BCUT2D eigenvalue weighted by atomic mass is 35.5. The fourth-order valence-electron chi connectivity index (χ4n) is 3.68. The van der Waals surface area contributed by atoms with E-state index < -0.39 is 6.10 Å². The Morgan fingerprint density at radius 3 is 2.89 bits per heavy atom. The number of carbonyl (C=O) groups is 2. The number of rotatable bonds is 3. The number of para-hydroxylation sites is 2. The summed E-state index contributed by atoms with van der Waals surface area (Å²) in [7, 11) is 1.92. The summed E-state index contributed by atoms with van der Waals surface area (Å²) < 4.78 is 7.58. The van der Waals surface area contributed by atoms with Crippen molar-refractivity contribution in [3.8, 4) is 5.75 Å². The van der Waals surface area contributed by atoms with Gasteiger partial charge in [0, 0.05) is 39.1 Å².